The molecule has 0 saturated carbocycles. The smallest absolute Gasteiger partial charge is 0.231 e. The van der Waals surface area contributed by atoms with Crippen LogP contribution in [0.3, 0.4) is 0 Å². The Kier molecular flexibility index (Phi) is 3.17. The summed E-state index contributed by atoms with van der Waals surface area (Å²) in [5, 5.41) is 3.71. The second-order valence-electron chi connectivity index (χ2n) is 4.16. The van der Waals surface area contributed by atoms with Crippen LogP contribution in [-0.2, 0) is 6.54 Å². The van der Waals surface area contributed by atoms with Crippen LogP contribution in [0.15, 0.2) is 36.4 Å². The molecule has 0 unspecified atom stereocenters. The zero-order chi connectivity index (χ0) is 13.2. The quantitative estimate of drug-likeness (QED) is 0.926. The van der Waals surface area contributed by atoms with Crippen LogP contribution >= 0.6 is 11.6 Å². The summed E-state index contributed by atoms with van der Waals surface area (Å²) in [6.45, 7) is 0.685. The van der Waals surface area contributed by atoms with Gasteiger partial charge in [-0.3, -0.25) is 0 Å². The number of benzene rings is 2. The van der Waals surface area contributed by atoms with Crippen molar-refractivity contribution in [3.8, 4) is 11.5 Å². The minimum absolute atomic E-state index is 0.245. The lowest BCUT2D eigenvalue weighted by Crippen LogP contribution is -2.00. The molecule has 0 radical (unpaired) electrons. The van der Waals surface area contributed by atoms with Crippen LogP contribution < -0.4 is 14.8 Å². The summed E-state index contributed by atoms with van der Waals surface area (Å²) < 4.78 is 23.6. The van der Waals surface area contributed by atoms with Crippen LogP contribution in [-0.4, -0.2) is 6.79 Å². The van der Waals surface area contributed by atoms with E-state index in [0.717, 1.165) is 11.4 Å². The van der Waals surface area contributed by atoms with Gasteiger partial charge in [0.15, 0.2) is 11.5 Å². The van der Waals surface area contributed by atoms with E-state index in [4.69, 9.17) is 21.1 Å². The number of rotatable bonds is 3. The molecule has 0 fully saturated rings. The summed E-state index contributed by atoms with van der Waals surface area (Å²) in [5.41, 5.74) is 1.57. The summed E-state index contributed by atoms with van der Waals surface area (Å²) in [5.74, 6) is 1.14. The molecule has 1 heterocycles. The van der Waals surface area contributed by atoms with Gasteiger partial charge in [-0.1, -0.05) is 11.6 Å². The molecule has 2 aromatic rings. The normalized spacial score (nSPS) is 12.5. The molecule has 2 aromatic carbocycles. The summed E-state index contributed by atoms with van der Waals surface area (Å²) >= 11 is 6.00. The van der Waals surface area contributed by atoms with E-state index in [1.54, 1.807) is 6.07 Å². The van der Waals surface area contributed by atoms with E-state index in [9.17, 15) is 4.39 Å². The molecule has 1 N–H and O–H groups in total. The number of anilines is 1. The molecule has 3 nitrogen and oxygen atoms in total. The van der Waals surface area contributed by atoms with Crippen LogP contribution in [0.25, 0.3) is 0 Å². The molecule has 0 atom stereocenters. The third-order valence-electron chi connectivity index (χ3n) is 2.86. The molecular weight excluding hydrogens is 269 g/mol. The Bertz CT molecular complexity index is 618. The fraction of sp³-hybridized carbons (Fsp3) is 0.143. The fourth-order valence-electron chi connectivity index (χ4n) is 1.88. The molecule has 5 heteroatoms. The Morgan fingerprint density at radius 2 is 1.95 bits per heavy atom. The Balaban J connectivity index is 1.74. The molecule has 0 bridgehead atoms. The van der Waals surface area contributed by atoms with Gasteiger partial charge in [0.05, 0.1) is 0 Å². The van der Waals surface area contributed by atoms with Crippen LogP contribution in [0, 0.1) is 5.82 Å². The minimum atomic E-state index is -0.299. The molecule has 1 aliphatic rings. The van der Waals surface area contributed by atoms with Crippen molar-refractivity contribution in [2.45, 2.75) is 6.54 Å². The molecule has 98 valence electrons. The predicted octanol–water partition coefficient (Wildman–Crippen LogP) is 3.82. The van der Waals surface area contributed by atoms with Crippen molar-refractivity contribution in [1.29, 1.82) is 0 Å². The first-order valence-electron chi connectivity index (χ1n) is 5.80. The van der Waals surface area contributed by atoms with Crippen LogP contribution in [0.2, 0.25) is 5.02 Å². The van der Waals surface area contributed by atoms with Crippen molar-refractivity contribution in [3.05, 3.63) is 52.8 Å². The van der Waals surface area contributed by atoms with E-state index < -0.39 is 0 Å². The molecule has 0 saturated heterocycles. The van der Waals surface area contributed by atoms with Crippen molar-refractivity contribution in [2.24, 2.45) is 0 Å². The maximum Gasteiger partial charge on any atom is 0.231 e. The molecule has 0 amide bonds. The topological polar surface area (TPSA) is 30.5 Å². The number of fused-ring (bicyclic) bond motifs is 1. The highest BCUT2D eigenvalue weighted by atomic mass is 35.5. The summed E-state index contributed by atoms with van der Waals surface area (Å²) in [4.78, 5) is 0. The lowest BCUT2D eigenvalue weighted by molar-refractivity contribution is 0.174. The van der Waals surface area contributed by atoms with E-state index in [-0.39, 0.29) is 12.6 Å². The van der Waals surface area contributed by atoms with E-state index in [1.807, 2.05) is 18.2 Å². The zero-order valence-electron chi connectivity index (χ0n) is 9.95. The first-order valence-corrected chi connectivity index (χ1v) is 6.17. The van der Waals surface area contributed by atoms with Gasteiger partial charge in [-0.2, -0.15) is 0 Å². The largest absolute Gasteiger partial charge is 0.454 e. The van der Waals surface area contributed by atoms with E-state index in [0.29, 0.717) is 22.9 Å². The van der Waals surface area contributed by atoms with Gasteiger partial charge in [-0.05, 0) is 35.9 Å². The second-order valence-corrected chi connectivity index (χ2v) is 4.56. The molecular formula is C14H11ClFNO2. The maximum atomic E-state index is 13.1. The Labute approximate surface area is 114 Å². The number of nitrogens with one attached hydrogen (secondary N) is 1. The van der Waals surface area contributed by atoms with Crippen LogP contribution in [0.4, 0.5) is 10.1 Å². The van der Waals surface area contributed by atoms with Gasteiger partial charge >= 0.3 is 0 Å². The summed E-state index contributed by atoms with van der Waals surface area (Å²) in [7, 11) is 0. The number of hydrogen-bond donors (Lipinski definition) is 1. The monoisotopic (exact) mass is 279 g/mol. The first-order chi connectivity index (χ1) is 9.22. The Hall–Kier alpha value is -1.94. The Morgan fingerprint density at radius 1 is 1.11 bits per heavy atom. The third-order valence-corrected chi connectivity index (χ3v) is 3.23. The van der Waals surface area contributed by atoms with E-state index in [1.165, 1.54) is 12.1 Å². The predicted molar refractivity (Wildman–Crippen MR) is 71.3 cm³/mol. The van der Waals surface area contributed by atoms with Crippen molar-refractivity contribution < 1.29 is 13.9 Å². The van der Waals surface area contributed by atoms with Gasteiger partial charge in [0, 0.05) is 23.3 Å². The average Bonchev–Trinajstić information content (AvgIpc) is 2.87. The third kappa shape index (κ3) is 2.58. The number of halogens is 2. The average molecular weight is 280 g/mol. The van der Waals surface area contributed by atoms with Crippen molar-refractivity contribution in [1.82, 2.24) is 0 Å². The number of ether oxygens (including phenoxy) is 2. The van der Waals surface area contributed by atoms with Crippen LogP contribution in [0.5, 0.6) is 11.5 Å². The first kappa shape index (κ1) is 12.1. The molecule has 0 spiro atoms. The lowest BCUT2D eigenvalue weighted by atomic mass is 10.2. The molecule has 1 aliphatic heterocycles. The van der Waals surface area contributed by atoms with Gasteiger partial charge in [0.25, 0.3) is 0 Å². The highest BCUT2D eigenvalue weighted by molar-refractivity contribution is 6.31. The van der Waals surface area contributed by atoms with E-state index >= 15 is 0 Å². The van der Waals surface area contributed by atoms with Crippen molar-refractivity contribution in [2.75, 3.05) is 12.1 Å². The zero-order valence-corrected chi connectivity index (χ0v) is 10.7. The SMILES string of the molecule is Fc1ccc(Cl)c(CNc2ccc3c(c2)OCO3)c1. The molecule has 3 rings (SSSR count). The van der Waals surface area contributed by atoms with Crippen LogP contribution in [0.1, 0.15) is 5.56 Å². The standard InChI is InChI=1S/C14H11ClFNO2/c15-12-3-1-10(16)5-9(12)7-17-11-2-4-13-14(6-11)19-8-18-13/h1-6,17H,7-8H2. The van der Waals surface area contributed by atoms with Gasteiger partial charge < -0.3 is 14.8 Å². The van der Waals surface area contributed by atoms with E-state index in [2.05, 4.69) is 5.32 Å². The van der Waals surface area contributed by atoms with Crippen molar-refractivity contribution in [3.63, 3.8) is 0 Å². The highest BCUT2D eigenvalue weighted by Crippen LogP contribution is 2.34. The highest BCUT2D eigenvalue weighted by Gasteiger charge is 2.13. The van der Waals surface area contributed by atoms with Gasteiger partial charge in [-0.15, -0.1) is 0 Å². The van der Waals surface area contributed by atoms with Gasteiger partial charge in [0.2, 0.25) is 6.79 Å². The Morgan fingerprint density at radius 3 is 2.84 bits per heavy atom. The maximum absolute atomic E-state index is 13.1. The van der Waals surface area contributed by atoms with Gasteiger partial charge in [0.1, 0.15) is 5.82 Å². The second kappa shape index (κ2) is 4.97. The lowest BCUT2D eigenvalue weighted by Gasteiger charge is -2.09. The fourth-order valence-corrected chi connectivity index (χ4v) is 2.07. The summed E-state index contributed by atoms with van der Waals surface area (Å²) in [6.07, 6.45) is 0. The summed E-state index contributed by atoms with van der Waals surface area (Å²) in [6, 6.07) is 9.86. The number of hydrogen-bond acceptors (Lipinski definition) is 3. The molecule has 0 aromatic heterocycles. The molecule has 0 aliphatic carbocycles. The van der Waals surface area contributed by atoms with Gasteiger partial charge in [-0.25, -0.2) is 4.39 Å². The van der Waals surface area contributed by atoms with Crippen molar-refractivity contribution >= 4 is 17.3 Å². The minimum Gasteiger partial charge on any atom is -0.454 e. The molecule has 19 heavy (non-hydrogen) atoms.